The number of aliphatic hydroxyl groups excluding tert-OH is 1. The molecule has 0 spiro atoms. The lowest BCUT2D eigenvalue weighted by Crippen LogP contribution is -2.07. The Kier molecular flexibility index (Phi) is 2.73. The molecule has 76 valence electrons. The maximum atomic E-state index is 9.32. The first-order valence-corrected chi connectivity index (χ1v) is 5.18. The Bertz CT molecular complexity index is 280. The van der Waals surface area contributed by atoms with Gasteiger partial charge in [-0.05, 0) is 31.4 Å². The predicted octanol–water partition coefficient (Wildman–Crippen LogP) is 2.15. The molecule has 14 heavy (non-hydrogen) atoms. The average Bonchev–Trinajstić information content (AvgIpc) is 2.91. The second-order valence-corrected chi connectivity index (χ2v) is 3.98. The highest BCUT2D eigenvalue weighted by atomic mass is 16.5. The molecular weight excluding hydrogens is 176 g/mol. The third-order valence-corrected chi connectivity index (χ3v) is 2.31. The first-order valence-electron chi connectivity index (χ1n) is 5.18. The van der Waals surface area contributed by atoms with Crippen LogP contribution in [0.1, 0.15) is 25.3 Å². The second-order valence-electron chi connectivity index (χ2n) is 3.98. The summed E-state index contributed by atoms with van der Waals surface area (Å²) in [6, 6.07) is 7.96. The standard InChI is InChI=1S/C12H16O2/c1-9(13)8-10-4-2-3-5-12(10)14-11-6-7-11/h2-5,9,11,13H,6-8H2,1H3. The van der Waals surface area contributed by atoms with Gasteiger partial charge < -0.3 is 9.84 Å². The molecular formula is C12H16O2. The summed E-state index contributed by atoms with van der Waals surface area (Å²) in [6.45, 7) is 1.80. The molecule has 1 aromatic carbocycles. The molecule has 1 aromatic rings. The summed E-state index contributed by atoms with van der Waals surface area (Å²) in [5.74, 6) is 0.941. The molecule has 0 radical (unpaired) electrons. The highest BCUT2D eigenvalue weighted by molar-refractivity contribution is 5.34. The van der Waals surface area contributed by atoms with E-state index in [2.05, 4.69) is 0 Å². The molecule has 0 aliphatic heterocycles. The molecule has 2 rings (SSSR count). The molecule has 0 amide bonds. The van der Waals surface area contributed by atoms with Crippen LogP contribution in [0.3, 0.4) is 0 Å². The smallest absolute Gasteiger partial charge is 0.122 e. The van der Waals surface area contributed by atoms with Gasteiger partial charge in [-0.2, -0.15) is 0 Å². The minimum absolute atomic E-state index is 0.307. The van der Waals surface area contributed by atoms with Crippen molar-refractivity contribution in [2.75, 3.05) is 0 Å². The van der Waals surface area contributed by atoms with Crippen molar-refractivity contribution in [3.63, 3.8) is 0 Å². The fraction of sp³-hybridized carbons (Fsp3) is 0.500. The SMILES string of the molecule is CC(O)Cc1ccccc1OC1CC1. The fourth-order valence-electron chi connectivity index (χ4n) is 1.47. The van der Waals surface area contributed by atoms with E-state index in [0.717, 1.165) is 11.3 Å². The predicted molar refractivity (Wildman–Crippen MR) is 55.5 cm³/mol. The minimum atomic E-state index is -0.307. The van der Waals surface area contributed by atoms with Crippen LogP contribution in [0.15, 0.2) is 24.3 Å². The lowest BCUT2D eigenvalue weighted by molar-refractivity contribution is 0.193. The van der Waals surface area contributed by atoms with Gasteiger partial charge in [0.05, 0.1) is 12.2 Å². The summed E-state index contributed by atoms with van der Waals surface area (Å²) >= 11 is 0. The Hall–Kier alpha value is -1.02. The zero-order chi connectivity index (χ0) is 9.97. The van der Waals surface area contributed by atoms with Gasteiger partial charge in [0.25, 0.3) is 0 Å². The largest absolute Gasteiger partial charge is 0.490 e. The average molecular weight is 192 g/mol. The van der Waals surface area contributed by atoms with Gasteiger partial charge in [0, 0.05) is 6.42 Å². The highest BCUT2D eigenvalue weighted by Gasteiger charge is 2.24. The van der Waals surface area contributed by atoms with Crippen LogP contribution in [0.5, 0.6) is 5.75 Å². The lowest BCUT2D eigenvalue weighted by Gasteiger charge is -2.11. The maximum Gasteiger partial charge on any atom is 0.122 e. The van der Waals surface area contributed by atoms with E-state index in [-0.39, 0.29) is 6.10 Å². The van der Waals surface area contributed by atoms with Crippen LogP contribution in [0.2, 0.25) is 0 Å². The molecule has 2 heteroatoms. The Morgan fingerprint density at radius 2 is 2.14 bits per heavy atom. The summed E-state index contributed by atoms with van der Waals surface area (Å²) in [5.41, 5.74) is 1.11. The number of rotatable bonds is 4. The van der Waals surface area contributed by atoms with Crippen molar-refractivity contribution in [3.05, 3.63) is 29.8 Å². The number of aliphatic hydroxyl groups is 1. The number of ether oxygens (including phenoxy) is 1. The lowest BCUT2D eigenvalue weighted by atomic mass is 10.1. The maximum absolute atomic E-state index is 9.32. The molecule has 1 aliphatic rings. The van der Waals surface area contributed by atoms with Gasteiger partial charge in [0.1, 0.15) is 5.75 Å². The van der Waals surface area contributed by atoms with Crippen molar-refractivity contribution in [1.29, 1.82) is 0 Å². The number of benzene rings is 1. The summed E-state index contributed by atoms with van der Waals surface area (Å²) in [4.78, 5) is 0. The molecule has 1 aliphatic carbocycles. The summed E-state index contributed by atoms with van der Waals surface area (Å²) in [7, 11) is 0. The monoisotopic (exact) mass is 192 g/mol. The van der Waals surface area contributed by atoms with E-state index in [9.17, 15) is 5.11 Å². The highest BCUT2D eigenvalue weighted by Crippen LogP contribution is 2.29. The molecule has 0 heterocycles. The van der Waals surface area contributed by atoms with Crippen LogP contribution in [-0.4, -0.2) is 17.3 Å². The van der Waals surface area contributed by atoms with Crippen LogP contribution >= 0.6 is 0 Å². The van der Waals surface area contributed by atoms with Crippen molar-refractivity contribution < 1.29 is 9.84 Å². The van der Waals surface area contributed by atoms with E-state index in [1.54, 1.807) is 6.92 Å². The minimum Gasteiger partial charge on any atom is -0.490 e. The first-order chi connectivity index (χ1) is 6.75. The molecule has 1 fully saturated rings. The van der Waals surface area contributed by atoms with Crippen molar-refractivity contribution in [2.45, 2.75) is 38.4 Å². The summed E-state index contributed by atoms with van der Waals surface area (Å²) < 4.78 is 5.75. The van der Waals surface area contributed by atoms with Crippen molar-refractivity contribution in [3.8, 4) is 5.75 Å². The number of para-hydroxylation sites is 1. The van der Waals surface area contributed by atoms with Crippen molar-refractivity contribution in [1.82, 2.24) is 0 Å². The second kappa shape index (κ2) is 4.01. The Morgan fingerprint density at radius 3 is 2.79 bits per heavy atom. The van der Waals surface area contributed by atoms with Crippen LogP contribution in [0.25, 0.3) is 0 Å². The van der Waals surface area contributed by atoms with E-state index in [1.807, 2.05) is 24.3 Å². The molecule has 1 atom stereocenters. The van der Waals surface area contributed by atoms with Gasteiger partial charge in [0.15, 0.2) is 0 Å². The fourth-order valence-corrected chi connectivity index (χ4v) is 1.47. The Balaban J connectivity index is 2.10. The van der Waals surface area contributed by atoms with E-state index >= 15 is 0 Å². The molecule has 0 bridgehead atoms. The van der Waals surface area contributed by atoms with E-state index in [1.165, 1.54) is 12.8 Å². The van der Waals surface area contributed by atoms with Gasteiger partial charge in [-0.25, -0.2) is 0 Å². The van der Waals surface area contributed by atoms with Crippen LogP contribution in [-0.2, 0) is 6.42 Å². The Labute approximate surface area is 84.5 Å². The van der Waals surface area contributed by atoms with E-state index < -0.39 is 0 Å². The molecule has 0 aromatic heterocycles. The van der Waals surface area contributed by atoms with Crippen LogP contribution in [0.4, 0.5) is 0 Å². The summed E-state index contributed by atoms with van der Waals surface area (Å²) in [6.07, 6.45) is 3.12. The zero-order valence-electron chi connectivity index (χ0n) is 8.44. The summed E-state index contributed by atoms with van der Waals surface area (Å²) in [5, 5.41) is 9.32. The number of hydrogen-bond acceptors (Lipinski definition) is 2. The molecule has 1 saturated carbocycles. The van der Waals surface area contributed by atoms with Crippen LogP contribution in [0, 0.1) is 0 Å². The van der Waals surface area contributed by atoms with E-state index in [4.69, 9.17) is 4.74 Å². The van der Waals surface area contributed by atoms with Gasteiger partial charge in [-0.3, -0.25) is 0 Å². The van der Waals surface area contributed by atoms with Gasteiger partial charge in [0.2, 0.25) is 0 Å². The van der Waals surface area contributed by atoms with E-state index in [0.29, 0.717) is 12.5 Å². The molecule has 1 N–H and O–H groups in total. The first kappa shape index (κ1) is 9.53. The number of hydrogen-bond donors (Lipinski definition) is 1. The van der Waals surface area contributed by atoms with Crippen LogP contribution < -0.4 is 4.74 Å². The van der Waals surface area contributed by atoms with Gasteiger partial charge in [-0.15, -0.1) is 0 Å². The third-order valence-electron chi connectivity index (χ3n) is 2.31. The molecule has 2 nitrogen and oxygen atoms in total. The van der Waals surface area contributed by atoms with Gasteiger partial charge in [-0.1, -0.05) is 18.2 Å². The van der Waals surface area contributed by atoms with Crippen molar-refractivity contribution >= 4 is 0 Å². The molecule has 0 saturated heterocycles. The zero-order valence-corrected chi connectivity index (χ0v) is 8.44. The normalized spacial score (nSPS) is 17.9. The quantitative estimate of drug-likeness (QED) is 0.792. The van der Waals surface area contributed by atoms with Gasteiger partial charge >= 0.3 is 0 Å². The van der Waals surface area contributed by atoms with Crippen molar-refractivity contribution in [2.24, 2.45) is 0 Å². The molecule has 1 unspecified atom stereocenters. The Morgan fingerprint density at radius 1 is 1.43 bits per heavy atom. The topological polar surface area (TPSA) is 29.5 Å². The third kappa shape index (κ3) is 2.48.